The van der Waals surface area contributed by atoms with Crippen molar-refractivity contribution >= 4 is 5.69 Å². The highest BCUT2D eigenvalue weighted by Gasteiger charge is 2.27. The lowest BCUT2D eigenvalue weighted by atomic mass is 9.87. The molecule has 0 amide bonds. The number of benzene rings is 3. The topological polar surface area (TPSA) is 64.2 Å². The van der Waals surface area contributed by atoms with E-state index in [1.807, 2.05) is 31.3 Å². The Morgan fingerprint density at radius 2 is 1.86 bits per heavy atom. The average molecular weight is 588 g/mol. The van der Waals surface area contributed by atoms with Crippen LogP contribution in [0.25, 0.3) is 0 Å². The van der Waals surface area contributed by atoms with Crippen LogP contribution in [0.2, 0.25) is 0 Å². The zero-order chi connectivity index (χ0) is 29.7. The summed E-state index contributed by atoms with van der Waals surface area (Å²) in [6.45, 7) is 7.63. The Bertz CT molecular complexity index is 1250. The van der Waals surface area contributed by atoms with Crippen LogP contribution in [0.1, 0.15) is 53.9 Å². The standard InChI is InChI=1S/C36H49N3O4/c1-37-18-6-21-39-20-5-9-30-12-11-28(24-34(30)39)26-43-36-25-38-19-17-33(36)29-13-15-32(16-14-29)42-23-7-22-41-27-31-8-3-4-10-35(31)40-2/h3-4,8,10-16,24,33,36-38H,5-7,9,17-23,25-27H2,1-2H3/t33-,36+/m1/s1. The maximum Gasteiger partial charge on any atom is 0.124 e. The predicted octanol–water partition coefficient (Wildman–Crippen LogP) is 5.71. The largest absolute Gasteiger partial charge is 0.496 e. The highest BCUT2D eigenvalue weighted by Crippen LogP contribution is 2.32. The molecular formula is C36H49N3O4. The molecular weight excluding hydrogens is 538 g/mol. The van der Waals surface area contributed by atoms with Gasteiger partial charge in [-0.15, -0.1) is 0 Å². The summed E-state index contributed by atoms with van der Waals surface area (Å²) in [4.78, 5) is 2.56. The Labute approximate surface area is 257 Å². The molecule has 0 aromatic heterocycles. The number of nitrogens with one attached hydrogen (secondary N) is 2. The molecule has 0 aliphatic carbocycles. The van der Waals surface area contributed by atoms with E-state index in [2.05, 4.69) is 58.0 Å². The molecule has 2 atom stereocenters. The van der Waals surface area contributed by atoms with Crippen LogP contribution >= 0.6 is 0 Å². The molecule has 7 nitrogen and oxygen atoms in total. The van der Waals surface area contributed by atoms with E-state index in [0.29, 0.717) is 32.3 Å². The molecule has 0 radical (unpaired) electrons. The summed E-state index contributed by atoms with van der Waals surface area (Å²) in [7, 11) is 3.71. The molecule has 5 rings (SSSR count). The van der Waals surface area contributed by atoms with E-state index in [0.717, 1.165) is 69.0 Å². The van der Waals surface area contributed by atoms with E-state index in [1.54, 1.807) is 7.11 Å². The normalized spacial score (nSPS) is 18.3. The van der Waals surface area contributed by atoms with Gasteiger partial charge in [-0.2, -0.15) is 0 Å². The van der Waals surface area contributed by atoms with Crippen molar-refractivity contribution in [2.75, 3.05) is 65.0 Å². The zero-order valence-electron chi connectivity index (χ0n) is 26.0. The minimum Gasteiger partial charge on any atom is -0.496 e. The molecule has 7 heteroatoms. The highest BCUT2D eigenvalue weighted by atomic mass is 16.5. The second-order valence-corrected chi connectivity index (χ2v) is 11.6. The maximum atomic E-state index is 6.60. The van der Waals surface area contributed by atoms with Crippen molar-refractivity contribution in [1.82, 2.24) is 10.6 Å². The number of hydrogen-bond acceptors (Lipinski definition) is 7. The van der Waals surface area contributed by atoms with E-state index >= 15 is 0 Å². The molecule has 2 heterocycles. The number of para-hydroxylation sites is 1. The molecule has 232 valence electrons. The number of piperidine rings is 1. The zero-order valence-corrected chi connectivity index (χ0v) is 26.0. The molecule has 1 fully saturated rings. The van der Waals surface area contributed by atoms with Gasteiger partial charge in [-0.1, -0.05) is 42.5 Å². The quantitative estimate of drug-likeness (QED) is 0.208. The molecule has 0 saturated carbocycles. The van der Waals surface area contributed by atoms with Crippen LogP contribution in [0.15, 0.2) is 66.7 Å². The van der Waals surface area contributed by atoms with Gasteiger partial charge in [0.25, 0.3) is 0 Å². The Morgan fingerprint density at radius 3 is 2.72 bits per heavy atom. The van der Waals surface area contributed by atoms with Crippen LogP contribution in [0.5, 0.6) is 11.5 Å². The van der Waals surface area contributed by atoms with E-state index in [9.17, 15) is 0 Å². The van der Waals surface area contributed by atoms with Gasteiger partial charge >= 0.3 is 0 Å². The molecule has 2 N–H and O–H groups in total. The third-order valence-electron chi connectivity index (χ3n) is 8.57. The lowest BCUT2D eigenvalue weighted by molar-refractivity contribution is 0.0106. The summed E-state index contributed by atoms with van der Waals surface area (Å²) in [5.74, 6) is 2.13. The van der Waals surface area contributed by atoms with Gasteiger partial charge in [-0.3, -0.25) is 0 Å². The number of rotatable bonds is 16. The van der Waals surface area contributed by atoms with Gasteiger partial charge < -0.3 is 34.5 Å². The fourth-order valence-electron chi connectivity index (χ4n) is 6.22. The van der Waals surface area contributed by atoms with Gasteiger partial charge in [0.05, 0.1) is 39.6 Å². The van der Waals surface area contributed by atoms with Crippen molar-refractivity contribution < 1.29 is 18.9 Å². The summed E-state index contributed by atoms with van der Waals surface area (Å²) >= 11 is 0. The SMILES string of the molecule is CNCCCN1CCCc2ccc(CO[C@H]3CNCC[C@@H]3c3ccc(OCCCOCc4ccccc4OC)cc3)cc21. The van der Waals surface area contributed by atoms with E-state index in [4.69, 9.17) is 18.9 Å². The first-order valence-corrected chi connectivity index (χ1v) is 16.0. The minimum absolute atomic E-state index is 0.142. The predicted molar refractivity (Wildman–Crippen MR) is 174 cm³/mol. The van der Waals surface area contributed by atoms with E-state index < -0.39 is 0 Å². The summed E-state index contributed by atoms with van der Waals surface area (Å²) < 4.78 is 23.8. The van der Waals surface area contributed by atoms with Crippen molar-refractivity contribution in [3.8, 4) is 11.5 Å². The van der Waals surface area contributed by atoms with Crippen LogP contribution in [0.4, 0.5) is 5.69 Å². The Kier molecular flexibility index (Phi) is 12.1. The summed E-state index contributed by atoms with van der Waals surface area (Å²) in [6, 6.07) is 23.5. The van der Waals surface area contributed by atoms with Gasteiger partial charge in [0, 0.05) is 43.2 Å². The van der Waals surface area contributed by atoms with Crippen LogP contribution in [-0.4, -0.2) is 66.2 Å². The van der Waals surface area contributed by atoms with Crippen LogP contribution in [0, 0.1) is 0 Å². The molecule has 0 spiro atoms. The van der Waals surface area contributed by atoms with E-state index in [1.165, 1.54) is 35.2 Å². The van der Waals surface area contributed by atoms with Gasteiger partial charge in [0.15, 0.2) is 0 Å². The third kappa shape index (κ3) is 8.96. The Balaban J connectivity index is 1.08. The highest BCUT2D eigenvalue weighted by molar-refractivity contribution is 5.57. The lowest BCUT2D eigenvalue weighted by Crippen LogP contribution is -2.41. The molecule has 1 saturated heterocycles. The number of nitrogens with zero attached hydrogens (tertiary/aromatic N) is 1. The number of fused-ring (bicyclic) bond motifs is 1. The van der Waals surface area contributed by atoms with Crippen molar-refractivity contribution in [3.05, 3.63) is 89.0 Å². The fourth-order valence-corrected chi connectivity index (χ4v) is 6.22. The first kappa shape index (κ1) is 31.3. The van der Waals surface area contributed by atoms with Crippen molar-refractivity contribution in [3.63, 3.8) is 0 Å². The van der Waals surface area contributed by atoms with Gasteiger partial charge in [-0.25, -0.2) is 0 Å². The van der Waals surface area contributed by atoms with Crippen molar-refractivity contribution in [2.24, 2.45) is 0 Å². The smallest absolute Gasteiger partial charge is 0.124 e. The maximum absolute atomic E-state index is 6.60. The first-order chi connectivity index (χ1) is 21.2. The van der Waals surface area contributed by atoms with E-state index in [-0.39, 0.29) is 6.10 Å². The number of methoxy groups -OCH3 is 1. The summed E-state index contributed by atoms with van der Waals surface area (Å²) in [5, 5.41) is 6.82. The number of ether oxygens (including phenoxy) is 4. The summed E-state index contributed by atoms with van der Waals surface area (Å²) in [5.41, 5.74) is 6.52. The monoisotopic (exact) mass is 587 g/mol. The van der Waals surface area contributed by atoms with Gasteiger partial charge in [0.1, 0.15) is 11.5 Å². The lowest BCUT2D eigenvalue weighted by Gasteiger charge is -2.33. The van der Waals surface area contributed by atoms with Crippen LogP contribution in [-0.2, 0) is 29.1 Å². The molecule has 2 aliphatic heterocycles. The summed E-state index contributed by atoms with van der Waals surface area (Å²) in [6.07, 6.45) is 5.61. The number of aryl methyl sites for hydroxylation is 1. The second-order valence-electron chi connectivity index (χ2n) is 11.6. The van der Waals surface area contributed by atoms with Gasteiger partial charge in [0.2, 0.25) is 0 Å². The molecule has 2 aliphatic rings. The first-order valence-electron chi connectivity index (χ1n) is 16.0. The average Bonchev–Trinajstić information content (AvgIpc) is 3.06. The second kappa shape index (κ2) is 16.7. The molecule has 3 aromatic rings. The number of hydrogen-bond donors (Lipinski definition) is 2. The Hall–Kier alpha value is -3.10. The number of anilines is 1. The van der Waals surface area contributed by atoms with Crippen molar-refractivity contribution in [1.29, 1.82) is 0 Å². The minimum atomic E-state index is 0.142. The third-order valence-corrected chi connectivity index (χ3v) is 8.57. The molecule has 43 heavy (non-hydrogen) atoms. The molecule has 0 unspecified atom stereocenters. The van der Waals surface area contributed by atoms with Crippen molar-refractivity contribution in [2.45, 2.75) is 57.3 Å². The van der Waals surface area contributed by atoms with Crippen LogP contribution in [0.3, 0.4) is 0 Å². The molecule has 3 aromatic carbocycles. The van der Waals surface area contributed by atoms with Gasteiger partial charge in [-0.05, 0) is 86.8 Å². The van der Waals surface area contributed by atoms with Crippen LogP contribution < -0.4 is 25.0 Å². The fraction of sp³-hybridized carbons (Fsp3) is 0.500. The Morgan fingerprint density at radius 1 is 0.977 bits per heavy atom. The molecule has 0 bridgehead atoms.